The molecule has 0 unspecified atom stereocenters. The summed E-state index contributed by atoms with van der Waals surface area (Å²) in [5.41, 5.74) is 5.44. The Balaban J connectivity index is 2.07. The van der Waals surface area contributed by atoms with Gasteiger partial charge in [-0.15, -0.1) is 0 Å². The summed E-state index contributed by atoms with van der Waals surface area (Å²) in [4.78, 5) is 0. The highest BCUT2D eigenvalue weighted by Crippen LogP contribution is 2.23. The summed E-state index contributed by atoms with van der Waals surface area (Å²) in [6.45, 7) is 4.42. The van der Waals surface area contributed by atoms with Crippen LogP contribution in [0.3, 0.4) is 0 Å². The highest BCUT2D eigenvalue weighted by Gasteiger charge is 2.35. The normalized spacial score (nSPS) is 20.0. The van der Waals surface area contributed by atoms with Gasteiger partial charge in [0.2, 0.25) is 0 Å². The Labute approximate surface area is 88.2 Å². The molecule has 0 bridgehead atoms. The van der Waals surface area contributed by atoms with Gasteiger partial charge in [0.15, 0.2) is 5.76 Å². The molecule has 5 nitrogen and oxygen atoms in total. The van der Waals surface area contributed by atoms with Crippen LogP contribution in [0.15, 0.2) is 10.6 Å². The zero-order chi connectivity index (χ0) is 11.1. The van der Waals surface area contributed by atoms with E-state index in [0.29, 0.717) is 25.4 Å². The van der Waals surface area contributed by atoms with Crippen LogP contribution >= 0.6 is 0 Å². The summed E-state index contributed by atoms with van der Waals surface area (Å²) in [5, 5.41) is 13.6. The van der Waals surface area contributed by atoms with Gasteiger partial charge < -0.3 is 20.1 Å². The predicted molar refractivity (Wildman–Crippen MR) is 53.2 cm³/mol. The van der Waals surface area contributed by atoms with Crippen molar-refractivity contribution >= 4 is 0 Å². The molecule has 0 aromatic carbocycles. The van der Waals surface area contributed by atoms with Gasteiger partial charge in [-0.25, -0.2) is 0 Å². The van der Waals surface area contributed by atoms with Crippen molar-refractivity contribution in [3.8, 4) is 0 Å². The molecule has 84 valence electrons. The average molecular weight is 212 g/mol. The van der Waals surface area contributed by atoms with Crippen LogP contribution in [0.25, 0.3) is 0 Å². The van der Waals surface area contributed by atoms with Gasteiger partial charge >= 0.3 is 0 Å². The number of hydrogen-bond acceptors (Lipinski definition) is 5. The van der Waals surface area contributed by atoms with Crippen molar-refractivity contribution in [2.45, 2.75) is 31.4 Å². The quantitative estimate of drug-likeness (QED) is 0.746. The molecule has 15 heavy (non-hydrogen) atoms. The van der Waals surface area contributed by atoms with Crippen molar-refractivity contribution in [2.24, 2.45) is 5.73 Å². The number of hydrogen-bond donors (Lipinski definition) is 2. The SMILES string of the molecule is CC(C)(O)c1cc(CC2(N)COC2)no1. The third-order valence-corrected chi connectivity index (χ3v) is 2.47. The van der Waals surface area contributed by atoms with E-state index in [1.165, 1.54) is 0 Å². The highest BCUT2D eigenvalue weighted by atomic mass is 16.5. The molecule has 3 N–H and O–H groups in total. The molecule has 0 saturated carbocycles. The molecule has 5 heteroatoms. The molecule has 0 aliphatic carbocycles. The molecule has 1 fully saturated rings. The maximum Gasteiger partial charge on any atom is 0.167 e. The zero-order valence-electron chi connectivity index (χ0n) is 8.99. The van der Waals surface area contributed by atoms with E-state index in [1.54, 1.807) is 19.9 Å². The first-order valence-electron chi connectivity index (χ1n) is 4.94. The molecular weight excluding hydrogens is 196 g/mol. The predicted octanol–water partition coefficient (Wildman–Crippen LogP) is 0.172. The van der Waals surface area contributed by atoms with Crippen molar-refractivity contribution in [1.82, 2.24) is 5.16 Å². The monoisotopic (exact) mass is 212 g/mol. The first-order chi connectivity index (χ1) is 6.89. The van der Waals surface area contributed by atoms with Gasteiger partial charge in [-0.05, 0) is 13.8 Å². The van der Waals surface area contributed by atoms with E-state index < -0.39 is 5.60 Å². The van der Waals surface area contributed by atoms with Crippen LogP contribution in [-0.2, 0) is 16.8 Å². The Morgan fingerprint density at radius 1 is 1.60 bits per heavy atom. The maximum absolute atomic E-state index is 9.68. The summed E-state index contributed by atoms with van der Waals surface area (Å²) in [6, 6.07) is 1.74. The molecule has 1 aromatic rings. The molecule has 1 saturated heterocycles. The van der Waals surface area contributed by atoms with Crippen molar-refractivity contribution in [1.29, 1.82) is 0 Å². The van der Waals surface area contributed by atoms with E-state index in [2.05, 4.69) is 5.16 Å². The molecule has 1 aliphatic heterocycles. The van der Waals surface area contributed by atoms with Crippen LogP contribution in [0.2, 0.25) is 0 Å². The minimum Gasteiger partial charge on any atom is -0.382 e. The third kappa shape index (κ3) is 2.19. The summed E-state index contributed by atoms with van der Waals surface area (Å²) in [6.07, 6.45) is 0.618. The van der Waals surface area contributed by atoms with E-state index in [1.807, 2.05) is 0 Å². The van der Waals surface area contributed by atoms with E-state index >= 15 is 0 Å². The average Bonchev–Trinajstić information content (AvgIpc) is 2.49. The lowest BCUT2D eigenvalue weighted by Gasteiger charge is -2.37. The number of aromatic nitrogens is 1. The summed E-state index contributed by atoms with van der Waals surface area (Å²) >= 11 is 0. The zero-order valence-corrected chi connectivity index (χ0v) is 8.99. The molecule has 0 radical (unpaired) electrons. The van der Waals surface area contributed by atoms with Gasteiger partial charge in [-0.2, -0.15) is 0 Å². The first-order valence-corrected chi connectivity index (χ1v) is 4.94. The van der Waals surface area contributed by atoms with Gasteiger partial charge in [0.1, 0.15) is 5.60 Å². The minimum atomic E-state index is -0.997. The molecule has 2 rings (SSSR count). The fourth-order valence-electron chi connectivity index (χ4n) is 1.51. The lowest BCUT2D eigenvalue weighted by molar-refractivity contribution is -0.0535. The van der Waals surface area contributed by atoms with Crippen LogP contribution in [0, 0.1) is 0 Å². The second-order valence-corrected chi connectivity index (χ2v) is 4.77. The first kappa shape index (κ1) is 10.6. The molecule has 1 aliphatic rings. The molecule has 0 spiro atoms. The van der Waals surface area contributed by atoms with Crippen molar-refractivity contribution in [3.05, 3.63) is 17.5 Å². The summed E-state index contributed by atoms with van der Waals surface area (Å²) in [7, 11) is 0. The molecule has 2 heterocycles. The van der Waals surface area contributed by atoms with E-state index in [-0.39, 0.29) is 5.54 Å². The van der Waals surface area contributed by atoms with Crippen LogP contribution in [0.4, 0.5) is 0 Å². The fraction of sp³-hybridized carbons (Fsp3) is 0.700. The van der Waals surface area contributed by atoms with Crippen LogP contribution in [0.1, 0.15) is 25.3 Å². The van der Waals surface area contributed by atoms with E-state index in [0.717, 1.165) is 5.69 Å². The Morgan fingerprint density at radius 3 is 2.67 bits per heavy atom. The Kier molecular flexibility index (Phi) is 2.33. The standard InChI is InChI=1S/C10H16N2O3/c1-9(2,13)8-3-7(12-15-8)4-10(11)5-14-6-10/h3,13H,4-6,11H2,1-2H3. The largest absolute Gasteiger partial charge is 0.382 e. The van der Waals surface area contributed by atoms with Crippen molar-refractivity contribution < 1.29 is 14.4 Å². The lowest BCUT2D eigenvalue weighted by atomic mass is 9.92. The summed E-state index contributed by atoms with van der Waals surface area (Å²) < 4.78 is 10.1. The third-order valence-electron chi connectivity index (χ3n) is 2.47. The summed E-state index contributed by atoms with van der Waals surface area (Å²) in [5.74, 6) is 0.460. The van der Waals surface area contributed by atoms with Crippen LogP contribution < -0.4 is 5.73 Å². The number of aliphatic hydroxyl groups is 1. The van der Waals surface area contributed by atoms with Crippen molar-refractivity contribution in [3.63, 3.8) is 0 Å². The lowest BCUT2D eigenvalue weighted by Crippen LogP contribution is -2.58. The van der Waals surface area contributed by atoms with E-state index in [4.69, 9.17) is 15.0 Å². The number of nitrogens with two attached hydrogens (primary N) is 1. The molecule has 1 aromatic heterocycles. The molecule has 0 atom stereocenters. The topological polar surface area (TPSA) is 81.5 Å². The van der Waals surface area contributed by atoms with Gasteiger partial charge in [0.05, 0.1) is 24.4 Å². The molecular formula is C10H16N2O3. The van der Waals surface area contributed by atoms with Crippen LogP contribution in [-0.4, -0.2) is 29.0 Å². The second-order valence-electron chi connectivity index (χ2n) is 4.77. The number of nitrogens with zero attached hydrogens (tertiary/aromatic N) is 1. The minimum absolute atomic E-state index is 0.312. The number of ether oxygens (including phenoxy) is 1. The Bertz CT molecular complexity index is 350. The van der Waals surface area contributed by atoms with Gasteiger partial charge in [0.25, 0.3) is 0 Å². The van der Waals surface area contributed by atoms with Gasteiger partial charge in [-0.1, -0.05) is 5.16 Å². The Morgan fingerprint density at radius 2 is 2.27 bits per heavy atom. The maximum atomic E-state index is 9.68. The second kappa shape index (κ2) is 3.30. The van der Waals surface area contributed by atoms with E-state index in [9.17, 15) is 5.11 Å². The van der Waals surface area contributed by atoms with Crippen LogP contribution in [0.5, 0.6) is 0 Å². The highest BCUT2D eigenvalue weighted by molar-refractivity contribution is 5.14. The van der Waals surface area contributed by atoms with Gasteiger partial charge in [0, 0.05) is 12.5 Å². The van der Waals surface area contributed by atoms with Gasteiger partial charge in [-0.3, -0.25) is 0 Å². The number of rotatable bonds is 3. The van der Waals surface area contributed by atoms with Crippen molar-refractivity contribution in [2.75, 3.05) is 13.2 Å². The fourth-order valence-corrected chi connectivity index (χ4v) is 1.51. The Hall–Kier alpha value is -0.910. The smallest absolute Gasteiger partial charge is 0.167 e. The molecule has 0 amide bonds.